The number of aliphatic hydroxyl groups is 1. The summed E-state index contributed by atoms with van der Waals surface area (Å²) in [6, 6.07) is 13.1. The molecule has 3 atom stereocenters. The first kappa shape index (κ1) is 44.0. The van der Waals surface area contributed by atoms with Crippen molar-refractivity contribution in [3.8, 4) is 17.6 Å². The number of allylic oxidation sites excluding steroid dienone is 2. The quantitative estimate of drug-likeness (QED) is 0.0788. The SMILES string of the molecule is C=CC(F)(F)c1cc(C[C@@H](OC(O)CCC2CCC(CC3CC=C(c4ccccc4)NC3=O)CC2)C(=O)CC2CCC(C#CCCN(C)C3CC3)CC2)cc(Cl)c1O. The molecule has 0 aromatic heterocycles. The summed E-state index contributed by atoms with van der Waals surface area (Å²) in [5, 5.41) is 24.4. The van der Waals surface area contributed by atoms with Crippen LogP contribution in [0.2, 0.25) is 5.02 Å². The zero-order chi connectivity index (χ0) is 41.2. The van der Waals surface area contributed by atoms with Crippen molar-refractivity contribution in [3.05, 3.63) is 82.9 Å². The second kappa shape index (κ2) is 20.6. The molecule has 3 saturated carbocycles. The van der Waals surface area contributed by atoms with Gasteiger partial charge in [0.25, 0.3) is 5.92 Å². The number of carbonyl (C=O) groups is 2. The minimum absolute atomic E-state index is 0.0289. The van der Waals surface area contributed by atoms with Crippen molar-refractivity contribution in [2.45, 2.75) is 134 Å². The Morgan fingerprint density at radius 2 is 1.74 bits per heavy atom. The molecule has 2 unspecified atom stereocenters. The van der Waals surface area contributed by atoms with Gasteiger partial charge in [-0.05, 0) is 118 Å². The topological polar surface area (TPSA) is 99.1 Å². The summed E-state index contributed by atoms with van der Waals surface area (Å²) in [5.74, 6) is 3.76. The van der Waals surface area contributed by atoms with E-state index >= 15 is 0 Å². The van der Waals surface area contributed by atoms with Crippen molar-refractivity contribution in [1.82, 2.24) is 10.2 Å². The van der Waals surface area contributed by atoms with Crippen LogP contribution in [-0.4, -0.2) is 58.8 Å². The van der Waals surface area contributed by atoms with Crippen molar-refractivity contribution in [2.24, 2.45) is 29.6 Å². The molecule has 314 valence electrons. The Balaban J connectivity index is 1.00. The van der Waals surface area contributed by atoms with Gasteiger partial charge in [-0.25, -0.2) is 0 Å². The summed E-state index contributed by atoms with van der Waals surface area (Å²) in [6.45, 7) is 4.20. The lowest BCUT2D eigenvalue weighted by atomic mass is 9.75. The zero-order valence-corrected chi connectivity index (χ0v) is 34.7. The summed E-state index contributed by atoms with van der Waals surface area (Å²) in [6.07, 6.45) is 14.2. The van der Waals surface area contributed by atoms with E-state index in [4.69, 9.17) is 16.3 Å². The Kier molecular flexibility index (Phi) is 15.6. The molecule has 1 amide bonds. The predicted octanol–water partition coefficient (Wildman–Crippen LogP) is 9.98. The molecule has 58 heavy (non-hydrogen) atoms. The number of Topliss-reactive ketones (excluding diaryl/α,β-unsaturated/α-hetero) is 1. The van der Waals surface area contributed by atoms with Crippen LogP contribution in [-0.2, 0) is 26.7 Å². The number of alkyl halides is 2. The summed E-state index contributed by atoms with van der Waals surface area (Å²) in [7, 11) is 2.16. The summed E-state index contributed by atoms with van der Waals surface area (Å²) >= 11 is 6.21. The van der Waals surface area contributed by atoms with Crippen molar-refractivity contribution in [2.75, 3.05) is 13.6 Å². The third-order valence-corrected chi connectivity index (χ3v) is 13.3. The minimum Gasteiger partial charge on any atom is -0.506 e. The van der Waals surface area contributed by atoms with E-state index < -0.39 is 29.6 Å². The van der Waals surface area contributed by atoms with E-state index in [0.717, 1.165) is 107 Å². The molecule has 0 saturated heterocycles. The lowest BCUT2D eigenvalue weighted by Gasteiger charge is -2.32. The highest BCUT2D eigenvalue weighted by molar-refractivity contribution is 6.32. The van der Waals surface area contributed by atoms with Crippen LogP contribution in [0.4, 0.5) is 8.78 Å². The van der Waals surface area contributed by atoms with E-state index in [-0.39, 0.29) is 41.4 Å². The Bertz CT molecular complexity index is 1800. The fraction of sp³-hybridized carbons (Fsp3) is 0.583. The van der Waals surface area contributed by atoms with Crippen molar-refractivity contribution >= 4 is 29.0 Å². The summed E-state index contributed by atoms with van der Waals surface area (Å²) in [4.78, 5) is 29.3. The Morgan fingerprint density at radius 1 is 1.05 bits per heavy atom. The van der Waals surface area contributed by atoms with Gasteiger partial charge in [0.15, 0.2) is 12.1 Å². The highest BCUT2D eigenvalue weighted by Crippen LogP contribution is 2.41. The van der Waals surface area contributed by atoms with Crippen LogP contribution in [0.15, 0.2) is 61.2 Å². The van der Waals surface area contributed by atoms with E-state index in [9.17, 15) is 28.6 Å². The first-order valence-corrected chi connectivity index (χ1v) is 21.9. The zero-order valence-electron chi connectivity index (χ0n) is 34.0. The van der Waals surface area contributed by atoms with Crippen LogP contribution in [0.5, 0.6) is 5.75 Å². The Labute approximate surface area is 348 Å². The summed E-state index contributed by atoms with van der Waals surface area (Å²) in [5.41, 5.74) is 1.51. The highest BCUT2D eigenvalue weighted by Gasteiger charge is 2.35. The lowest BCUT2D eigenvalue weighted by Crippen LogP contribution is -2.34. The Morgan fingerprint density at radius 3 is 2.41 bits per heavy atom. The number of ether oxygens (including phenoxy) is 1. The number of aliphatic hydroxyl groups excluding tert-OH is 1. The number of carbonyl (C=O) groups excluding carboxylic acids is 2. The molecule has 2 aromatic rings. The van der Waals surface area contributed by atoms with Gasteiger partial charge in [0.2, 0.25) is 5.91 Å². The number of hydrogen-bond donors (Lipinski definition) is 3. The molecule has 7 nitrogen and oxygen atoms in total. The highest BCUT2D eigenvalue weighted by atomic mass is 35.5. The molecule has 0 spiro atoms. The molecule has 1 heterocycles. The van der Waals surface area contributed by atoms with E-state index in [1.807, 2.05) is 30.3 Å². The molecular weight excluding hydrogens is 758 g/mol. The van der Waals surface area contributed by atoms with Gasteiger partial charge >= 0.3 is 0 Å². The maximum absolute atomic E-state index is 14.7. The second-order valence-electron chi connectivity index (χ2n) is 17.4. The first-order valence-electron chi connectivity index (χ1n) is 21.5. The standard InChI is InChI=1S/C48H61ClF2N2O5/c1-3-48(50,51)40-28-36(29-41(49)46(40)56)31-44(43(54)30-35-18-12-32(13-19-35)9-7-8-26-53(2)39-22-23-39)58-45(55)25-20-33-14-16-34(17-15-33)27-38-21-24-42(52-47(38)57)37-10-5-4-6-11-37/h3-6,10-11,24,28-29,32-35,38-39,44-45,55-56H,1,8,12-23,25-27,30-31H2,2H3,(H,52,57)/t32?,33?,34?,35?,38?,44-,45?/m1/s1. The molecule has 3 fully saturated rings. The smallest absolute Gasteiger partial charge is 0.295 e. The number of hydrogen-bond acceptors (Lipinski definition) is 6. The number of rotatable bonds is 18. The molecule has 3 N–H and O–H groups in total. The fourth-order valence-electron chi connectivity index (χ4n) is 9.12. The number of phenols is 1. The first-order chi connectivity index (χ1) is 27.9. The fourth-order valence-corrected chi connectivity index (χ4v) is 9.36. The number of amides is 1. The maximum atomic E-state index is 14.7. The van der Waals surface area contributed by atoms with Gasteiger partial charge in [0.05, 0.1) is 10.6 Å². The van der Waals surface area contributed by atoms with E-state index in [0.29, 0.717) is 35.8 Å². The largest absolute Gasteiger partial charge is 0.506 e. The number of nitrogens with zero attached hydrogens (tertiary/aromatic N) is 1. The number of halogens is 3. The van der Waals surface area contributed by atoms with E-state index in [1.165, 1.54) is 18.9 Å². The maximum Gasteiger partial charge on any atom is 0.295 e. The number of phenolic OH excluding ortho intramolecular Hbond substituents is 1. The third kappa shape index (κ3) is 12.5. The van der Waals surface area contributed by atoms with Gasteiger partial charge in [-0.3, -0.25) is 9.59 Å². The Hall–Kier alpha value is -3.55. The van der Waals surface area contributed by atoms with E-state index in [1.54, 1.807) is 0 Å². The van der Waals surface area contributed by atoms with Gasteiger partial charge in [0.1, 0.15) is 11.9 Å². The second-order valence-corrected chi connectivity index (χ2v) is 17.8. The third-order valence-electron chi connectivity index (χ3n) is 13.0. The molecule has 0 bridgehead atoms. The van der Waals surface area contributed by atoms with Crippen LogP contribution >= 0.6 is 11.6 Å². The normalized spacial score (nSPS) is 24.9. The van der Waals surface area contributed by atoms with Gasteiger partial charge < -0.3 is 25.2 Å². The molecule has 0 radical (unpaired) electrons. The summed E-state index contributed by atoms with van der Waals surface area (Å²) < 4.78 is 35.5. The molecule has 4 aliphatic rings. The predicted molar refractivity (Wildman–Crippen MR) is 225 cm³/mol. The number of ketones is 1. The van der Waals surface area contributed by atoms with Crippen LogP contribution in [0.25, 0.3) is 5.70 Å². The average Bonchev–Trinajstić information content (AvgIpc) is 4.08. The molecule has 1 aliphatic heterocycles. The van der Waals surface area contributed by atoms with Crippen molar-refractivity contribution in [1.29, 1.82) is 0 Å². The number of aromatic hydroxyl groups is 1. The molecule has 3 aliphatic carbocycles. The van der Waals surface area contributed by atoms with Crippen molar-refractivity contribution in [3.63, 3.8) is 0 Å². The van der Waals surface area contributed by atoms with Crippen LogP contribution in [0, 0.1) is 41.4 Å². The average molecular weight is 819 g/mol. The van der Waals surface area contributed by atoms with Gasteiger partial charge in [0, 0.05) is 49.4 Å². The van der Waals surface area contributed by atoms with Crippen LogP contribution in [0.1, 0.15) is 119 Å². The molecule has 10 heteroatoms. The molecule has 6 rings (SSSR count). The molecule has 2 aromatic carbocycles. The van der Waals surface area contributed by atoms with Crippen LogP contribution in [0.3, 0.4) is 0 Å². The van der Waals surface area contributed by atoms with Gasteiger partial charge in [-0.15, -0.1) is 5.92 Å². The van der Waals surface area contributed by atoms with Crippen LogP contribution < -0.4 is 5.32 Å². The van der Waals surface area contributed by atoms with E-state index in [2.05, 4.69) is 41.8 Å². The lowest BCUT2D eigenvalue weighted by molar-refractivity contribution is -0.162. The van der Waals surface area contributed by atoms with Gasteiger partial charge in [-0.2, -0.15) is 8.78 Å². The number of nitrogens with one attached hydrogen (secondary N) is 1. The number of benzene rings is 2. The molecular formula is C48H61ClF2N2O5. The van der Waals surface area contributed by atoms with Crippen molar-refractivity contribution < 1.29 is 33.3 Å². The van der Waals surface area contributed by atoms with Gasteiger partial charge in [-0.1, -0.05) is 86.2 Å². The monoisotopic (exact) mass is 818 g/mol. The minimum atomic E-state index is -3.54.